The first kappa shape index (κ1) is 17.2. The van der Waals surface area contributed by atoms with Crippen LogP contribution in [0.1, 0.15) is 54.4 Å². The number of likely N-dealkylation sites (tertiary alicyclic amines) is 1. The largest absolute Gasteiger partial charge is 0.368 e. The first-order chi connectivity index (χ1) is 9.67. The van der Waals surface area contributed by atoms with E-state index in [0.717, 1.165) is 18.4 Å². The molecule has 2 atom stereocenters. The van der Waals surface area contributed by atoms with Crippen LogP contribution in [-0.2, 0) is 4.74 Å². The lowest BCUT2D eigenvalue weighted by Gasteiger charge is -2.38. The lowest BCUT2D eigenvalue weighted by Crippen LogP contribution is -2.50. The minimum atomic E-state index is -0.0842. The molecule has 2 fully saturated rings. The normalized spacial score (nSPS) is 33.7. The van der Waals surface area contributed by atoms with E-state index in [1.807, 2.05) is 0 Å². The van der Waals surface area contributed by atoms with Gasteiger partial charge in [0, 0.05) is 18.5 Å². The summed E-state index contributed by atoms with van der Waals surface area (Å²) in [5.41, 5.74) is -0.134. The van der Waals surface area contributed by atoms with Gasteiger partial charge in [-0.25, -0.2) is 0 Å². The number of nitrogens with one attached hydrogen (secondary N) is 1. The van der Waals surface area contributed by atoms with E-state index in [2.05, 4.69) is 58.8 Å². The summed E-state index contributed by atoms with van der Waals surface area (Å²) in [6, 6.07) is 0.426. The average molecular weight is 296 g/mol. The molecule has 0 spiro atoms. The third-order valence-electron chi connectivity index (χ3n) is 5.91. The van der Waals surface area contributed by atoms with Gasteiger partial charge in [-0.2, -0.15) is 0 Å². The maximum absolute atomic E-state index is 6.36. The molecule has 0 bridgehead atoms. The molecule has 21 heavy (non-hydrogen) atoms. The molecule has 0 aromatic rings. The van der Waals surface area contributed by atoms with Gasteiger partial charge in [0.05, 0.1) is 11.2 Å². The Morgan fingerprint density at radius 2 is 1.67 bits per heavy atom. The SMILES string of the molecule is CNC1C(CN2CCC(C(C)C)CC2)C(C)(C)OC1(C)C. The molecule has 2 aliphatic rings. The van der Waals surface area contributed by atoms with Gasteiger partial charge >= 0.3 is 0 Å². The van der Waals surface area contributed by atoms with Crippen molar-refractivity contribution < 1.29 is 4.74 Å². The van der Waals surface area contributed by atoms with E-state index in [1.54, 1.807) is 0 Å². The van der Waals surface area contributed by atoms with Crippen molar-refractivity contribution in [3.8, 4) is 0 Å². The van der Waals surface area contributed by atoms with E-state index in [4.69, 9.17) is 4.74 Å². The molecule has 0 radical (unpaired) electrons. The monoisotopic (exact) mass is 296 g/mol. The first-order valence-electron chi connectivity index (χ1n) is 8.77. The summed E-state index contributed by atoms with van der Waals surface area (Å²) in [5, 5.41) is 3.52. The minimum Gasteiger partial charge on any atom is -0.368 e. The average Bonchev–Trinajstić information content (AvgIpc) is 2.54. The Morgan fingerprint density at radius 1 is 1.10 bits per heavy atom. The molecule has 3 nitrogen and oxygen atoms in total. The molecule has 2 unspecified atom stereocenters. The van der Waals surface area contributed by atoms with Crippen LogP contribution in [0.25, 0.3) is 0 Å². The Hall–Kier alpha value is -0.120. The second kappa shape index (κ2) is 6.17. The van der Waals surface area contributed by atoms with Crippen molar-refractivity contribution in [1.29, 1.82) is 0 Å². The van der Waals surface area contributed by atoms with Gasteiger partial charge in [0.1, 0.15) is 0 Å². The zero-order chi connectivity index (χ0) is 15.8. The summed E-state index contributed by atoms with van der Waals surface area (Å²) < 4.78 is 6.36. The smallest absolute Gasteiger partial charge is 0.0790 e. The highest BCUT2D eigenvalue weighted by atomic mass is 16.5. The molecule has 3 heteroatoms. The van der Waals surface area contributed by atoms with Crippen LogP contribution in [0.4, 0.5) is 0 Å². The van der Waals surface area contributed by atoms with Gasteiger partial charge in [0.2, 0.25) is 0 Å². The maximum Gasteiger partial charge on any atom is 0.0790 e. The van der Waals surface area contributed by atoms with Crippen LogP contribution >= 0.6 is 0 Å². The molecular weight excluding hydrogens is 260 g/mol. The maximum atomic E-state index is 6.36. The second-order valence-corrected chi connectivity index (χ2v) is 8.56. The molecule has 0 amide bonds. The Bertz CT molecular complexity index is 343. The number of hydrogen-bond acceptors (Lipinski definition) is 3. The lowest BCUT2D eigenvalue weighted by molar-refractivity contribution is -0.0799. The minimum absolute atomic E-state index is 0.0495. The van der Waals surface area contributed by atoms with Crippen LogP contribution in [0.2, 0.25) is 0 Å². The van der Waals surface area contributed by atoms with Gasteiger partial charge in [0.25, 0.3) is 0 Å². The number of ether oxygens (including phenoxy) is 1. The molecular formula is C18H36N2O. The van der Waals surface area contributed by atoms with E-state index in [-0.39, 0.29) is 11.2 Å². The van der Waals surface area contributed by atoms with Crippen LogP contribution in [0.15, 0.2) is 0 Å². The fourth-order valence-corrected chi connectivity index (χ4v) is 4.66. The molecule has 2 heterocycles. The van der Waals surface area contributed by atoms with Crippen LogP contribution in [-0.4, -0.2) is 48.8 Å². The summed E-state index contributed by atoms with van der Waals surface area (Å²) in [6.45, 7) is 17.4. The first-order valence-corrected chi connectivity index (χ1v) is 8.77. The quantitative estimate of drug-likeness (QED) is 0.862. The number of piperidine rings is 1. The Kier molecular flexibility index (Phi) is 5.07. The number of likely N-dealkylation sites (N-methyl/N-ethyl adjacent to an activating group) is 1. The van der Waals surface area contributed by atoms with Crippen molar-refractivity contribution >= 4 is 0 Å². The van der Waals surface area contributed by atoms with Crippen LogP contribution in [0, 0.1) is 17.8 Å². The Labute approximate surface area is 131 Å². The summed E-state index contributed by atoms with van der Waals surface area (Å²) in [6.07, 6.45) is 2.72. The molecule has 2 aliphatic heterocycles. The number of hydrogen-bond donors (Lipinski definition) is 1. The zero-order valence-corrected chi connectivity index (χ0v) is 15.2. The second-order valence-electron chi connectivity index (χ2n) is 8.56. The molecule has 0 aromatic carbocycles. The van der Waals surface area contributed by atoms with E-state index >= 15 is 0 Å². The highest BCUT2D eigenvalue weighted by Gasteiger charge is 2.53. The molecule has 124 valence electrons. The highest BCUT2D eigenvalue weighted by molar-refractivity contribution is 5.05. The standard InChI is InChI=1S/C18H36N2O/c1-13(2)14-8-10-20(11-9-14)12-15-16(19-7)18(5,6)21-17(15,3)4/h13-16,19H,8-12H2,1-7H3. The molecule has 1 N–H and O–H groups in total. The van der Waals surface area contributed by atoms with Crippen molar-refractivity contribution in [2.75, 3.05) is 26.7 Å². The van der Waals surface area contributed by atoms with Gasteiger partial charge in [-0.05, 0) is 72.5 Å². The molecule has 0 aromatic heterocycles. The summed E-state index contributed by atoms with van der Waals surface area (Å²) >= 11 is 0. The summed E-state index contributed by atoms with van der Waals surface area (Å²) in [5.74, 6) is 2.31. The van der Waals surface area contributed by atoms with Gasteiger partial charge < -0.3 is 15.0 Å². The molecule has 0 saturated carbocycles. The van der Waals surface area contributed by atoms with E-state index < -0.39 is 0 Å². The molecule has 0 aliphatic carbocycles. The summed E-state index contributed by atoms with van der Waals surface area (Å²) in [7, 11) is 2.08. The number of rotatable bonds is 4. The number of nitrogens with zero attached hydrogens (tertiary/aromatic N) is 1. The van der Waals surface area contributed by atoms with E-state index in [0.29, 0.717) is 12.0 Å². The predicted octanol–water partition coefficient (Wildman–Crippen LogP) is 3.15. The highest BCUT2D eigenvalue weighted by Crippen LogP contribution is 2.42. The third-order valence-corrected chi connectivity index (χ3v) is 5.91. The van der Waals surface area contributed by atoms with Crippen LogP contribution in [0.3, 0.4) is 0 Å². The van der Waals surface area contributed by atoms with Crippen molar-refractivity contribution in [1.82, 2.24) is 10.2 Å². The van der Waals surface area contributed by atoms with Crippen molar-refractivity contribution in [2.24, 2.45) is 17.8 Å². The summed E-state index contributed by atoms with van der Waals surface area (Å²) in [4.78, 5) is 2.67. The van der Waals surface area contributed by atoms with Gasteiger partial charge in [-0.1, -0.05) is 13.8 Å². The zero-order valence-electron chi connectivity index (χ0n) is 15.2. The Balaban J connectivity index is 1.98. The van der Waals surface area contributed by atoms with E-state index in [9.17, 15) is 0 Å². The fraction of sp³-hybridized carbons (Fsp3) is 1.00. The lowest BCUT2D eigenvalue weighted by atomic mass is 9.81. The van der Waals surface area contributed by atoms with Gasteiger partial charge in [-0.15, -0.1) is 0 Å². The van der Waals surface area contributed by atoms with Crippen molar-refractivity contribution in [2.45, 2.75) is 71.6 Å². The molecule has 2 rings (SSSR count). The van der Waals surface area contributed by atoms with Gasteiger partial charge in [0.15, 0.2) is 0 Å². The Morgan fingerprint density at radius 3 is 2.14 bits per heavy atom. The topological polar surface area (TPSA) is 24.5 Å². The van der Waals surface area contributed by atoms with Crippen LogP contribution < -0.4 is 5.32 Å². The van der Waals surface area contributed by atoms with Crippen LogP contribution in [0.5, 0.6) is 0 Å². The van der Waals surface area contributed by atoms with Gasteiger partial charge in [-0.3, -0.25) is 0 Å². The van der Waals surface area contributed by atoms with Crippen molar-refractivity contribution in [3.05, 3.63) is 0 Å². The molecule has 2 saturated heterocycles. The van der Waals surface area contributed by atoms with E-state index in [1.165, 1.54) is 25.9 Å². The predicted molar refractivity (Wildman–Crippen MR) is 89.6 cm³/mol. The fourth-order valence-electron chi connectivity index (χ4n) is 4.66. The third kappa shape index (κ3) is 3.62. The van der Waals surface area contributed by atoms with Crippen molar-refractivity contribution in [3.63, 3.8) is 0 Å².